The Morgan fingerprint density at radius 1 is 1.38 bits per heavy atom. The van der Waals surface area contributed by atoms with E-state index in [2.05, 4.69) is 5.32 Å². The Morgan fingerprint density at radius 2 is 2.12 bits per heavy atom. The van der Waals surface area contributed by atoms with Crippen LogP contribution >= 0.6 is 0 Å². The zero-order valence-electron chi connectivity index (χ0n) is 9.63. The maximum absolute atomic E-state index is 13.7. The topological polar surface area (TPSA) is 21.3 Å². The number of ether oxygens (including phenoxy) is 1. The summed E-state index contributed by atoms with van der Waals surface area (Å²) < 4.78 is 19.0. The molecule has 0 radical (unpaired) electrons. The first kappa shape index (κ1) is 11.6. The summed E-state index contributed by atoms with van der Waals surface area (Å²) in [4.78, 5) is 0. The van der Waals surface area contributed by atoms with Crippen molar-refractivity contribution in [3.8, 4) is 0 Å². The second-order valence-electron chi connectivity index (χ2n) is 4.32. The van der Waals surface area contributed by atoms with Gasteiger partial charge >= 0.3 is 0 Å². The summed E-state index contributed by atoms with van der Waals surface area (Å²) >= 11 is 0. The highest BCUT2D eigenvalue weighted by Crippen LogP contribution is 2.13. The number of hydrogen-bond acceptors (Lipinski definition) is 2. The number of nitrogens with one attached hydrogen (secondary N) is 1. The van der Waals surface area contributed by atoms with E-state index in [1.807, 2.05) is 12.1 Å². The number of aryl methyl sites for hydroxylation is 1. The van der Waals surface area contributed by atoms with Crippen molar-refractivity contribution < 1.29 is 9.13 Å². The Labute approximate surface area is 95.8 Å². The summed E-state index contributed by atoms with van der Waals surface area (Å²) in [5.41, 5.74) is 1.47. The van der Waals surface area contributed by atoms with Gasteiger partial charge in [0.05, 0.1) is 0 Å². The van der Waals surface area contributed by atoms with Crippen LogP contribution in [0.5, 0.6) is 0 Å². The highest BCUT2D eigenvalue weighted by molar-refractivity contribution is 5.24. The molecular formula is C13H18FNO. The van der Waals surface area contributed by atoms with Gasteiger partial charge in [0, 0.05) is 31.4 Å². The summed E-state index contributed by atoms with van der Waals surface area (Å²) in [6.07, 6.45) is 2.04. The smallest absolute Gasteiger partial charge is 0.130 e. The number of hydrogen-bond donors (Lipinski definition) is 1. The Hall–Kier alpha value is -0.930. The van der Waals surface area contributed by atoms with Crippen LogP contribution in [0, 0.1) is 12.7 Å². The van der Waals surface area contributed by atoms with Crippen LogP contribution in [0.3, 0.4) is 0 Å². The maximum atomic E-state index is 13.7. The molecule has 1 heterocycles. The second kappa shape index (κ2) is 5.41. The highest BCUT2D eigenvalue weighted by Gasteiger charge is 2.13. The predicted octanol–water partition coefficient (Wildman–Crippen LogP) is 2.40. The van der Waals surface area contributed by atoms with Crippen LogP contribution < -0.4 is 5.32 Å². The van der Waals surface area contributed by atoms with E-state index < -0.39 is 0 Å². The molecule has 2 rings (SSSR count). The third-order valence-corrected chi connectivity index (χ3v) is 3.07. The van der Waals surface area contributed by atoms with Gasteiger partial charge < -0.3 is 10.1 Å². The highest BCUT2D eigenvalue weighted by atomic mass is 19.1. The van der Waals surface area contributed by atoms with Crippen molar-refractivity contribution in [3.05, 3.63) is 35.1 Å². The third kappa shape index (κ3) is 2.80. The van der Waals surface area contributed by atoms with Crippen LogP contribution in [0.25, 0.3) is 0 Å². The zero-order valence-corrected chi connectivity index (χ0v) is 9.63. The first-order valence-corrected chi connectivity index (χ1v) is 5.82. The van der Waals surface area contributed by atoms with Gasteiger partial charge in [-0.3, -0.25) is 0 Å². The lowest BCUT2D eigenvalue weighted by Gasteiger charge is -2.23. The maximum Gasteiger partial charge on any atom is 0.130 e. The second-order valence-corrected chi connectivity index (χ2v) is 4.32. The lowest BCUT2D eigenvalue weighted by Crippen LogP contribution is -2.34. The fourth-order valence-corrected chi connectivity index (χ4v) is 2.00. The summed E-state index contributed by atoms with van der Waals surface area (Å²) in [5.74, 6) is -0.0814. The predicted molar refractivity (Wildman–Crippen MR) is 61.8 cm³/mol. The van der Waals surface area contributed by atoms with E-state index in [1.54, 1.807) is 13.0 Å². The van der Waals surface area contributed by atoms with E-state index in [0.29, 0.717) is 18.2 Å². The molecule has 3 heteroatoms. The molecule has 88 valence electrons. The molecule has 1 N–H and O–H groups in total. The molecule has 1 aromatic carbocycles. The lowest BCUT2D eigenvalue weighted by molar-refractivity contribution is 0.0775. The van der Waals surface area contributed by atoms with Crippen molar-refractivity contribution in [3.63, 3.8) is 0 Å². The molecule has 16 heavy (non-hydrogen) atoms. The monoisotopic (exact) mass is 223 g/mol. The molecular weight excluding hydrogens is 205 g/mol. The quantitative estimate of drug-likeness (QED) is 0.849. The Morgan fingerprint density at radius 3 is 2.88 bits per heavy atom. The van der Waals surface area contributed by atoms with Crippen LogP contribution in [0.15, 0.2) is 18.2 Å². The van der Waals surface area contributed by atoms with Gasteiger partial charge in [-0.15, -0.1) is 0 Å². The van der Waals surface area contributed by atoms with Crippen molar-refractivity contribution in [1.29, 1.82) is 0 Å². The third-order valence-electron chi connectivity index (χ3n) is 3.07. The van der Waals surface area contributed by atoms with Crippen molar-refractivity contribution in [1.82, 2.24) is 5.32 Å². The molecule has 2 nitrogen and oxygen atoms in total. The first-order valence-electron chi connectivity index (χ1n) is 5.82. The van der Waals surface area contributed by atoms with Crippen molar-refractivity contribution in [2.24, 2.45) is 0 Å². The van der Waals surface area contributed by atoms with Gasteiger partial charge in [-0.1, -0.05) is 18.2 Å². The molecule has 0 aliphatic carbocycles. The van der Waals surface area contributed by atoms with Crippen LogP contribution in [0.1, 0.15) is 24.0 Å². The molecule has 0 aromatic heterocycles. The fourth-order valence-electron chi connectivity index (χ4n) is 2.00. The van der Waals surface area contributed by atoms with E-state index in [0.717, 1.165) is 31.6 Å². The van der Waals surface area contributed by atoms with E-state index in [-0.39, 0.29) is 5.82 Å². The molecule has 0 saturated carbocycles. The van der Waals surface area contributed by atoms with Crippen LogP contribution in [0.4, 0.5) is 4.39 Å². The molecule has 1 aromatic rings. The summed E-state index contributed by atoms with van der Waals surface area (Å²) in [6, 6.07) is 6.01. The van der Waals surface area contributed by atoms with Gasteiger partial charge in [-0.25, -0.2) is 4.39 Å². The minimum Gasteiger partial charge on any atom is -0.381 e. The number of rotatable bonds is 3. The van der Waals surface area contributed by atoms with Crippen LogP contribution in [-0.2, 0) is 11.3 Å². The molecule has 0 bridgehead atoms. The first-order chi connectivity index (χ1) is 7.77. The summed E-state index contributed by atoms with van der Waals surface area (Å²) in [7, 11) is 0. The van der Waals surface area contributed by atoms with Crippen molar-refractivity contribution in [2.75, 3.05) is 13.2 Å². The molecule has 0 amide bonds. The SMILES string of the molecule is Cc1cccc(CNC2CCOCC2)c1F. The van der Waals surface area contributed by atoms with Gasteiger partial charge in [0.2, 0.25) is 0 Å². The molecule has 1 saturated heterocycles. The summed E-state index contributed by atoms with van der Waals surface area (Å²) in [5, 5.41) is 3.39. The van der Waals surface area contributed by atoms with Gasteiger partial charge in [0.15, 0.2) is 0 Å². The van der Waals surface area contributed by atoms with Crippen molar-refractivity contribution >= 4 is 0 Å². The van der Waals surface area contributed by atoms with Crippen LogP contribution in [0.2, 0.25) is 0 Å². The Balaban J connectivity index is 1.91. The molecule has 0 spiro atoms. The van der Waals surface area contributed by atoms with E-state index in [4.69, 9.17) is 4.74 Å². The van der Waals surface area contributed by atoms with Gasteiger partial charge in [-0.05, 0) is 25.3 Å². The Kier molecular flexibility index (Phi) is 3.91. The van der Waals surface area contributed by atoms with E-state index >= 15 is 0 Å². The average molecular weight is 223 g/mol. The van der Waals surface area contributed by atoms with Gasteiger partial charge in [-0.2, -0.15) is 0 Å². The van der Waals surface area contributed by atoms with Crippen molar-refractivity contribution in [2.45, 2.75) is 32.4 Å². The molecule has 0 atom stereocenters. The lowest BCUT2D eigenvalue weighted by atomic mass is 10.1. The van der Waals surface area contributed by atoms with Gasteiger partial charge in [0.1, 0.15) is 5.82 Å². The van der Waals surface area contributed by atoms with Crippen LogP contribution in [-0.4, -0.2) is 19.3 Å². The molecule has 1 fully saturated rings. The Bertz CT molecular complexity index is 348. The molecule has 1 aliphatic rings. The standard InChI is InChI=1S/C13H18FNO/c1-10-3-2-4-11(13(10)14)9-15-12-5-7-16-8-6-12/h2-4,12,15H,5-9H2,1H3. The zero-order chi connectivity index (χ0) is 11.4. The number of halogens is 1. The van der Waals surface area contributed by atoms with Gasteiger partial charge in [0.25, 0.3) is 0 Å². The minimum absolute atomic E-state index is 0.0814. The largest absolute Gasteiger partial charge is 0.381 e. The average Bonchev–Trinajstić information content (AvgIpc) is 2.32. The fraction of sp³-hybridized carbons (Fsp3) is 0.538. The minimum atomic E-state index is -0.0814. The summed E-state index contributed by atoms with van der Waals surface area (Å²) in [6.45, 7) is 4.04. The number of benzene rings is 1. The molecule has 1 aliphatic heterocycles. The normalized spacial score (nSPS) is 17.6. The van der Waals surface area contributed by atoms with E-state index in [1.165, 1.54) is 0 Å². The van der Waals surface area contributed by atoms with E-state index in [9.17, 15) is 4.39 Å². The molecule has 0 unspecified atom stereocenters.